The summed E-state index contributed by atoms with van der Waals surface area (Å²) in [7, 11) is 2.90. The highest BCUT2D eigenvalue weighted by atomic mass is 16.5. The monoisotopic (exact) mass is 314 g/mol. The molecule has 0 radical (unpaired) electrons. The van der Waals surface area contributed by atoms with Gasteiger partial charge in [-0.05, 0) is 44.7 Å². The first-order chi connectivity index (χ1) is 10.4. The Hall–Kier alpha value is -1.14. The average Bonchev–Trinajstić information content (AvgIpc) is 2.47. The largest absolute Gasteiger partial charge is 0.469 e. The Kier molecular flexibility index (Phi) is 7.82. The number of nitrogens with one attached hydrogen (secondary N) is 2. The number of amides is 1. The third kappa shape index (κ3) is 6.32. The van der Waals surface area contributed by atoms with Gasteiger partial charge >= 0.3 is 5.97 Å². The van der Waals surface area contributed by atoms with Gasteiger partial charge in [0.25, 0.3) is 0 Å². The molecule has 0 saturated carbocycles. The van der Waals surface area contributed by atoms with Crippen molar-refractivity contribution in [3.8, 4) is 0 Å². The number of rotatable bonds is 8. The van der Waals surface area contributed by atoms with Crippen LogP contribution < -0.4 is 10.6 Å². The topological polar surface area (TPSA) is 76.7 Å². The molecule has 0 bridgehead atoms. The van der Waals surface area contributed by atoms with Gasteiger partial charge < -0.3 is 20.1 Å². The molecule has 0 aromatic heterocycles. The van der Waals surface area contributed by atoms with Crippen LogP contribution in [0.3, 0.4) is 0 Å². The van der Waals surface area contributed by atoms with Gasteiger partial charge in [0.1, 0.15) is 0 Å². The van der Waals surface area contributed by atoms with Crippen LogP contribution in [-0.4, -0.2) is 51.3 Å². The van der Waals surface area contributed by atoms with E-state index in [9.17, 15) is 9.59 Å². The van der Waals surface area contributed by atoms with E-state index in [-0.39, 0.29) is 24.9 Å². The van der Waals surface area contributed by atoms with E-state index >= 15 is 0 Å². The van der Waals surface area contributed by atoms with E-state index < -0.39 is 5.54 Å². The normalized spacial score (nSPS) is 22.5. The highest BCUT2D eigenvalue weighted by Crippen LogP contribution is 2.23. The highest BCUT2D eigenvalue weighted by molar-refractivity contribution is 5.78. The third-order valence-corrected chi connectivity index (χ3v) is 4.31. The fourth-order valence-corrected chi connectivity index (χ4v) is 3.05. The summed E-state index contributed by atoms with van der Waals surface area (Å²) < 4.78 is 9.84. The van der Waals surface area contributed by atoms with Crippen molar-refractivity contribution in [2.75, 3.05) is 33.9 Å². The van der Waals surface area contributed by atoms with E-state index in [2.05, 4.69) is 17.6 Å². The smallest absolute Gasteiger partial charge is 0.307 e. The fraction of sp³-hybridized carbons (Fsp3) is 0.875. The van der Waals surface area contributed by atoms with Crippen molar-refractivity contribution in [1.82, 2.24) is 10.6 Å². The Balaban J connectivity index is 2.52. The van der Waals surface area contributed by atoms with Crippen molar-refractivity contribution in [3.63, 3.8) is 0 Å². The number of carbonyl (C=O) groups is 2. The lowest BCUT2D eigenvalue weighted by molar-refractivity contribution is -0.143. The molecule has 1 saturated heterocycles. The van der Waals surface area contributed by atoms with Gasteiger partial charge in [0.2, 0.25) is 5.91 Å². The summed E-state index contributed by atoms with van der Waals surface area (Å²) in [5, 5.41) is 6.32. The molecule has 6 heteroatoms. The lowest BCUT2D eigenvalue weighted by atomic mass is 9.85. The summed E-state index contributed by atoms with van der Waals surface area (Å²) in [4.78, 5) is 23.8. The molecule has 1 aliphatic rings. The lowest BCUT2D eigenvalue weighted by Gasteiger charge is -2.31. The van der Waals surface area contributed by atoms with Crippen LogP contribution in [0.4, 0.5) is 0 Å². The van der Waals surface area contributed by atoms with E-state index in [4.69, 9.17) is 9.47 Å². The Morgan fingerprint density at radius 1 is 1.41 bits per heavy atom. The summed E-state index contributed by atoms with van der Waals surface area (Å²) in [5.74, 6) is 0.456. The molecule has 0 spiro atoms. The van der Waals surface area contributed by atoms with Crippen LogP contribution in [0.15, 0.2) is 0 Å². The maximum Gasteiger partial charge on any atom is 0.307 e. The molecule has 0 aromatic carbocycles. The first-order valence-corrected chi connectivity index (χ1v) is 7.97. The molecule has 128 valence electrons. The summed E-state index contributed by atoms with van der Waals surface area (Å²) >= 11 is 0. The highest BCUT2D eigenvalue weighted by Gasteiger charge is 2.31. The standard InChI is InChI=1S/C16H30N2O4/c1-12(13-6-5-7-17-10-13)8-14(19)18-16(2,11-21-3)9-15(20)22-4/h12-13,17H,5-11H2,1-4H3,(H,18,19). The molecule has 1 rings (SSSR count). The number of hydrogen-bond acceptors (Lipinski definition) is 5. The summed E-state index contributed by atoms with van der Waals surface area (Å²) in [6.07, 6.45) is 2.90. The second-order valence-corrected chi connectivity index (χ2v) is 6.58. The molecule has 0 aromatic rings. The van der Waals surface area contributed by atoms with Gasteiger partial charge in [-0.1, -0.05) is 6.92 Å². The second-order valence-electron chi connectivity index (χ2n) is 6.58. The van der Waals surface area contributed by atoms with Gasteiger partial charge in [0, 0.05) is 13.5 Å². The van der Waals surface area contributed by atoms with Crippen LogP contribution >= 0.6 is 0 Å². The summed E-state index contributed by atoms with van der Waals surface area (Å²) in [6, 6.07) is 0. The Morgan fingerprint density at radius 2 is 2.14 bits per heavy atom. The Morgan fingerprint density at radius 3 is 2.68 bits per heavy atom. The SMILES string of the molecule is COCC(C)(CC(=O)OC)NC(=O)CC(C)C1CCCNC1. The molecular weight excluding hydrogens is 284 g/mol. The minimum Gasteiger partial charge on any atom is -0.469 e. The van der Waals surface area contributed by atoms with E-state index in [0.717, 1.165) is 13.1 Å². The van der Waals surface area contributed by atoms with Crippen LogP contribution in [0.5, 0.6) is 0 Å². The number of piperidine rings is 1. The van der Waals surface area contributed by atoms with Crippen LogP contribution in [0.1, 0.15) is 39.5 Å². The first-order valence-electron chi connectivity index (χ1n) is 7.97. The van der Waals surface area contributed by atoms with Crippen molar-refractivity contribution in [2.45, 2.75) is 45.1 Å². The number of methoxy groups -OCH3 is 2. The number of hydrogen-bond donors (Lipinski definition) is 2. The predicted molar refractivity (Wildman–Crippen MR) is 84.4 cm³/mol. The minimum absolute atomic E-state index is 0.0403. The van der Waals surface area contributed by atoms with E-state index in [1.807, 2.05) is 0 Å². The van der Waals surface area contributed by atoms with Crippen LogP contribution in [0.2, 0.25) is 0 Å². The van der Waals surface area contributed by atoms with E-state index in [1.54, 1.807) is 14.0 Å². The molecule has 22 heavy (non-hydrogen) atoms. The van der Waals surface area contributed by atoms with Gasteiger partial charge in [-0.15, -0.1) is 0 Å². The van der Waals surface area contributed by atoms with Crippen LogP contribution in [0.25, 0.3) is 0 Å². The first kappa shape index (κ1) is 18.9. The summed E-state index contributed by atoms with van der Waals surface area (Å²) in [6.45, 7) is 6.24. The van der Waals surface area contributed by atoms with Crippen molar-refractivity contribution >= 4 is 11.9 Å². The van der Waals surface area contributed by atoms with Crippen molar-refractivity contribution in [3.05, 3.63) is 0 Å². The molecular formula is C16H30N2O4. The maximum atomic E-state index is 12.3. The van der Waals surface area contributed by atoms with Gasteiger partial charge in [-0.25, -0.2) is 0 Å². The second kappa shape index (κ2) is 9.10. The minimum atomic E-state index is -0.733. The molecule has 2 N–H and O–H groups in total. The fourth-order valence-electron chi connectivity index (χ4n) is 3.05. The molecule has 3 unspecified atom stereocenters. The molecule has 6 nitrogen and oxygen atoms in total. The lowest BCUT2D eigenvalue weighted by Crippen LogP contribution is -2.51. The van der Waals surface area contributed by atoms with Crippen molar-refractivity contribution < 1.29 is 19.1 Å². The van der Waals surface area contributed by atoms with E-state index in [1.165, 1.54) is 20.0 Å². The molecule has 1 amide bonds. The number of carbonyl (C=O) groups excluding carboxylic acids is 2. The van der Waals surface area contributed by atoms with Crippen molar-refractivity contribution in [2.24, 2.45) is 11.8 Å². The Bertz CT molecular complexity index is 369. The predicted octanol–water partition coefficient (Wildman–Crippen LogP) is 1.10. The maximum absolute atomic E-state index is 12.3. The van der Waals surface area contributed by atoms with Crippen molar-refractivity contribution in [1.29, 1.82) is 0 Å². The quantitative estimate of drug-likeness (QED) is 0.656. The molecule has 1 fully saturated rings. The van der Waals surface area contributed by atoms with Crippen LogP contribution in [0, 0.1) is 11.8 Å². The molecule has 1 aliphatic heterocycles. The zero-order valence-corrected chi connectivity index (χ0v) is 14.2. The van der Waals surface area contributed by atoms with Gasteiger partial charge in [-0.3, -0.25) is 9.59 Å². The van der Waals surface area contributed by atoms with Gasteiger partial charge in [0.05, 0.1) is 25.7 Å². The van der Waals surface area contributed by atoms with Crippen LogP contribution in [-0.2, 0) is 19.1 Å². The molecule has 0 aliphatic carbocycles. The third-order valence-electron chi connectivity index (χ3n) is 4.31. The number of ether oxygens (including phenoxy) is 2. The zero-order chi connectivity index (χ0) is 16.6. The van der Waals surface area contributed by atoms with Gasteiger partial charge in [-0.2, -0.15) is 0 Å². The zero-order valence-electron chi connectivity index (χ0n) is 14.2. The molecule has 1 heterocycles. The average molecular weight is 314 g/mol. The summed E-state index contributed by atoms with van der Waals surface area (Å²) in [5.41, 5.74) is -0.733. The molecule has 3 atom stereocenters. The Labute approximate surface area is 133 Å². The van der Waals surface area contributed by atoms with Gasteiger partial charge in [0.15, 0.2) is 0 Å². The number of esters is 1. The van der Waals surface area contributed by atoms with E-state index in [0.29, 0.717) is 18.3 Å².